The third-order valence-corrected chi connectivity index (χ3v) is 5.23. The van der Waals surface area contributed by atoms with Crippen LogP contribution < -0.4 is 0 Å². The molecule has 0 fully saturated rings. The molecule has 2 rings (SSSR count). The van der Waals surface area contributed by atoms with Gasteiger partial charge in [0.15, 0.2) is 0 Å². The maximum Gasteiger partial charge on any atom is 0.119 e. The summed E-state index contributed by atoms with van der Waals surface area (Å²) in [6, 6.07) is 16.8. The Morgan fingerprint density at radius 3 is 2.39 bits per heavy atom. The maximum absolute atomic E-state index is 9.88. The number of hydrogen-bond acceptors (Lipinski definition) is 2. The highest BCUT2D eigenvalue weighted by atomic mass is 32.2. The fourth-order valence-corrected chi connectivity index (χ4v) is 3.88. The summed E-state index contributed by atoms with van der Waals surface area (Å²) in [6.07, 6.45) is 2.41. The van der Waals surface area contributed by atoms with E-state index in [1.54, 1.807) is 0 Å². The third-order valence-electron chi connectivity index (χ3n) is 4.16. The number of thioether (sulfide) groups is 1. The van der Waals surface area contributed by atoms with E-state index >= 15 is 0 Å². The topological polar surface area (TPSA) is 20.2 Å². The van der Waals surface area contributed by atoms with Gasteiger partial charge in [0.25, 0.3) is 0 Å². The number of hydrogen-bond donors (Lipinski definition) is 1. The zero-order valence-electron chi connectivity index (χ0n) is 14.5. The minimum Gasteiger partial charge on any atom is -0.508 e. The fourth-order valence-electron chi connectivity index (χ4n) is 2.75. The van der Waals surface area contributed by atoms with E-state index in [1.165, 1.54) is 23.3 Å². The molecule has 0 amide bonds. The molecule has 0 aliphatic heterocycles. The van der Waals surface area contributed by atoms with E-state index in [0.29, 0.717) is 11.7 Å². The van der Waals surface area contributed by atoms with Gasteiger partial charge in [-0.3, -0.25) is 0 Å². The van der Waals surface area contributed by atoms with Crippen LogP contribution in [0.15, 0.2) is 48.5 Å². The molecule has 0 spiro atoms. The molecule has 0 bridgehead atoms. The van der Waals surface area contributed by atoms with Gasteiger partial charge in [0.1, 0.15) is 5.75 Å². The van der Waals surface area contributed by atoms with Crippen LogP contribution in [0.1, 0.15) is 49.8 Å². The lowest BCUT2D eigenvalue weighted by molar-refractivity contribution is 0.464. The standard InChI is InChI=1S/C21H28OS/c1-16(2)20-14-19(9-10-21(20)22)15-23-12-11-17(3)13-18-7-5-4-6-8-18/h4-10,14,16-17,22H,11-13,15H2,1-3H3. The summed E-state index contributed by atoms with van der Waals surface area (Å²) < 4.78 is 0. The minimum atomic E-state index is 0.367. The quantitative estimate of drug-likeness (QED) is 0.598. The molecule has 0 aliphatic rings. The van der Waals surface area contributed by atoms with E-state index < -0.39 is 0 Å². The predicted octanol–water partition coefficient (Wildman–Crippen LogP) is 6.02. The van der Waals surface area contributed by atoms with Crippen molar-refractivity contribution < 1.29 is 5.11 Å². The van der Waals surface area contributed by atoms with Crippen molar-refractivity contribution in [2.75, 3.05) is 5.75 Å². The molecule has 0 radical (unpaired) electrons. The van der Waals surface area contributed by atoms with Crippen LogP contribution in [0.2, 0.25) is 0 Å². The Morgan fingerprint density at radius 1 is 0.957 bits per heavy atom. The lowest BCUT2D eigenvalue weighted by atomic mass is 9.99. The Kier molecular flexibility index (Phi) is 7.04. The van der Waals surface area contributed by atoms with Crippen LogP contribution in [0, 0.1) is 5.92 Å². The van der Waals surface area contributed by atoms with Gasteiger partial charge in [-0.2, -0.15) is 11.8 Å². The van der Waals surface area contributed by atoms with Crippen molar-refractivity contribution in [1.29, 1.82) is 0 Å². The van der Waals surface area contributed by atoms with Gasteiger partial charge in [0.2, 0.25) is 0 Å². The van der Waals surface area contributed by atoms with Crippen LogP contribution in [0.5, 0.6) is 5.75 Å². The maximum atomic E-state index is 9.88. The van der Waals surface area contributed by atoms with Gasteiger partial charge < -0.3 is 5.11 Å². The second-order valence-corrected chi connectivity index (χ2v) is 7.79. The molecule has 1 unspecified atom stereocenters. The highest BCUT2D eigenvalue weighted by Gasteiger charge is 2.08. The first-order valence-corrected chi connectivity index (χ1v) is 9.65. The van der Waals surface area contributed by atoms with Crippen LogP contribution in [0.25, 0.3) is 0 Å². The molecule has 0 heterocycles. The summed E-state index contributed by atoms with van der Waals surface area (Å²) in [6.45, 7) is 6.58. The average Bonchev–Trinajstić information content (AvgIpc) is 2.53. The summed E-state index contributed by atoms with van der Waals surface area (Å²) in [5, 5.41) is 9.88. The first kappa shape index (κ1) is 17.9. The molecule has 0 aliphatic carbocycles. The fraction of sp³-hybridized carbons (Fsp3) is 0.429. The molecule has 2 aromatic rings. The summed E-state index contributed by atoms with van der Waals surface area (Å²) in [4.78, 5) is 0. The molecule has 1 nitrogen and oxygen atoms in total. The van der Waals surface area contributed by atoms with Crippen molar-refractivity contribution in [3.8, 4) is 5.75 Å². The second kappa shape index (κ2) is 9.02. The molecule has 1 atom stereocenters. The van der Waals surface area contributed by atoms with Gasteiger partial charge in [-0.25, -0.2) is 0 Å². The molecule has 2 aromatic carbocycles. The van der Waals surface area contributed by atoms with Gasteiger partial charge in [-0.1, -0.05) is 63.2 Å². The van der Waals surface area contributed by atoms with Gasteiger partial charge in [0, 0.05) is 5.75 Å². The van der Waals surface area contributed by atoms with E-state index in [-0.39, 0.29) is 0 Å². The van der Waals surface area contributed by atoms with E-state index in [2.05, 4.69) is 57.2 Å². The Balaban J connectivity index is 1.74. The molecular formula is C21H28OS. The number of phenols is 1. The van der Waals surface area contributed by atoms with Crippen LogP contribution in [-0.4, -0.2) is 10.9 Å². The SMILES string of the molecule is CC(CCSCc1ccc(O)c(C(C)C)c1)Cc1ccccc1. The molecule has 1 N–H and O–H groups in total. The van der Waals surface area contributed by atoms with Crippen molar-refractivity contribution >= 4 is 11.8 Å². The van der Waals surface area contributed by atoms with E-state index in [4.69, 9.17) is 0 Å². The average molecular weight is 329 g/mol. The second-order valence-electron chi connectivity index (χ2n) is 6.68. The molecule has 0 saturated heterocycles. The Bertz CT molecular complexity index is 592. The molecule has 2 heteroatoms. The van der Waals surface area contributed by atoms with Gasteiger partial charge >= 0.3 is 0 Å². The zero-order chi connectivity index (χ0) is 16.7. The third kappa shape index (κ3) is 5.95. The minimum absolute atomic E-state index is 0.367. The smallest absolute Gasteiger partial charge is 0.119 e. The van der Waals surface area contributed by atoms with Gasteiger partial charge in [-0.05, 0) is 53.2 Å². The Morgan fingerprint density at radius 2 is 1.70 bits per heavy atom. The summed E-state index contributed by atoms with van der Waals surface area (Å²) >= 11 is 1.99. The van der Waals surface area contributed by atoms with Crippen molar-refractivity contribution in [2.45, 2.75) is 45.3 Å². The van der Waals surface area contributed by atoms with Crippen molar-refractivity contribution in [3.63, 3.8) is 0 Å². The van der Waals surface area contributed by atoms with Crippen LogP contribution >= 0.6 is 11.8 Å². The summed E-state index contributed by atoms with van der Waals surface area (Å²) in [5.41, 5.74) is 3.80. The molecule has 0 saturated carbocycles. The zero-order valence-corrected chi connectivity index (χ0v) is 15.3. The summed E-state index contributed by atoms with van der Waals surface area (Å²) in [5.74, 6) is 3.72. The molecule has 0 aromatic heterocycles. The predicted molar refractivity (Wildman–Crippen MR) is 102 cm³/mol. The summed E-state index contributed by atoms with van der Waals surface area (Å²) in [7, 11) is 0. The normalized spacial score (nSPS) is 12.5. The van der Waals surface area contributed by atoms with Crippen LogP contribution in [0.3, 0.4) is 0 Å². The molecular weight excluding hydrogens is 300 g/mol. The van der Waals surface area contributed by atoms with Gasteiger partial charge in [0.05, 0.1) is 0 Å². The lowest BCUT2D eigenvalue weighted by Gasteiger charge is -2.12. The van der Waals surface area contributed by atoms with Crippen molar-refractivity contribution in [1.82, 2.24) is 0 Å². The largest absolute Gasteiger partial charge is 0.508 e. The van der Waals surface area contributed by atoms with Gasteiger partial charge in [-0.15, -0.1) is 0 Å². The van der Waals surface area contributed by atoms with Crippen LogP contribution in [0.4, 0.5) is 0 Å². The first-order valence-electron chi connectivity index (χ1n) is 8.49. The first-order chi connectivity index (χ1) is 11.1. The number of aromatic hydroxyl groups is 1. The monoisotopic (exact) mass is 328 g/mol. The highest BCUT2D eigenvalue weighted by Crippen LogP contribution is 2.28. The van der Waals surface area contributed by atoms with E-state index in [9.17, 15) is 5.11 Å². The lowest BCUT2D eigenvalue weighted by Crippen LogP contribution is -2.01. The number of rotatable bonds is 8. The molecule has 124 valence electrons. The van der Waals surface area contributed by atoms with Crippen LogP contribution in [-0.2, 0) is 12.2 Å². The van der Waals surface area contributed by atoms with Crippen molar-refractivity contribution in [3.05, 3.63) is 65.2 Å². The number of benzene rings is 2. The van der Waals surface area contributed by atoms with Crippen molar-refractivity contribution in [2.24, 2.45) is 5.92 Å². The Hall–Kier alpha value is -1.41. The Labute approximate surface area is 145 Å². The highest BCUT2D eigenvalue weighted by molar-refractivity contribution is 7.98. The van der Waals surface area contributed by atoms with E-state index in [1.807, 2.05) is 23.9 Å². The number of phenolic OH excluding ortho intramolecular Hbond substituents is 1. The van der Waals surface area contributed by atoms with E-state index in [0.717, 1.165) is 23.7 Å². The molecule has 23 heavy (non-hydrogen) atoms.